The van der Waals surface area contributed by atoms with E-state index >= 15 is 0 Å². The molecule has 0 fully saturated rings. The van der Waals surface area contributed by atoms with Crippen LogP contribution in [0.5, 0.6) is 11.5 Å². The Balaban J connectivity index is 1.43. The van der Waals surface area contributed by atoms with Crippen molar-refractivity contribution in [1.82, 2.24) is 5.43 Å². The molecule has 0 aliphatic carbocycles. The Hall–Kier alpha value is -4.20. The molecule has 0 aliphatic heterocycles. The number of carbonyl (C=O) groups excluding carboxylic acids is 2. The minimum atomic E-state index is -0.892. The largest absolute Gasteiger partial charge is 0.494 e. The molecule has 8 heteroatoms. The third-order valence-corrected chi connectivity index (χ3v) is 4.37. The van der Waals surface area contributed by atoms with Gasteiger partial charge in [-0.05, 0) is 78.2 Å². The Morgan fingerprint density at radius 1 is 0.879 bits per heavy atom. The molecule has 7 nitrogen and oxygen atoms in total. The molecule has 0 unspecified atom stereocenters. The van der Waals surface area contributed by atoms with Crippen LogP contribution < -0.4 is 20.2 Å². The predicted octanol–water partition coefficient (Wildman–Crippen LogP) is 4.28. The van der Waals surface area contributed by atoms with E-state index in [2.05, 4.69) is 15.8 Å². The first-order valence-electron chi connectivity index (χ1n) is 10.4. The van der Waals surface area contributed by atoms with Crippen molar-refractivity contribution in [3.8, 4) is 11.5 Å². The average molecular weight is 449 g/mol. The molecule has 2 amide bonds. The zero-order chi connectivity index (χ0) is 23.5. The maximum absolute atomic E-state index is 12.9. The average Bonchev–Trinajstić information content (AvgIpc) is 2.84. The van der Waals surface area contributed by atoms with Crippen LogP contribution in [-0.4, -0.2) is 24.6 Å². The van der Waals surface area contributed by atoms with Crippen LogP contribution in [0.15, 0.2) is 77.9 Å². The maximum Gasteiger partial charge on any atom is 0.329 e. The molecule has 0 saturated heterocycles. The van der Waals surface area contributed by atoms with Crippen LogP contribution in [0.3, 0.4) is 0 Å². The summed E-state index contributed by atoms with van der Waals surface area (Å²) in [5.41, 5.74) is 4.21. The van der Waals surface area contributed by atoms with Crippen LogP contribution in [0.2, 0.25) is 0 Å². The summed E-state index contributed by atoms with van der Waals surface area (Å²) in [6, 6.07) is 19.8. The lowest BCUT2D eigenvalue weighted by molar-refractivity contribution is -0.136. The lowest BCUT2D eigenvalue weighted by atomic mass is 10.2. The molecule has 2 N–H and O–H groups in total. The highest BCUT2D eigenvalue weighted by molar-refractivity contribution is 6.39. The molecule has 0 aromatic heterocycles. The number of amides is 2. The highest BCUT2D eigenvalue weighted by Crippen LogP contribution is 2.16. The second-order valence-corrected chi connectivity index (χ2v) is 7.01. The lowest BCUT2D eigenvalue weighted by Crippen LogP contribution is -2.32. The van der Waals surface area contributed by atoms with Crippen molar-refractivity contribution in [3.05, 3.63) is 89.7 Å². The molecule has 3 aromatic carbocycles. The van der Waals surface area contributed by atoms with Gasteiger partial charge in [0.25, 0.3) is 0 Å². The van der Waals surface area contributed by atoms with E-state index in [1.807, 2.05) is 6.92 Å². The van der Waals surface area contributed by atoms with E-state index in [1.54, 1.807) is 60.7 Å². The van der Waals surface area contributed by atoms with Gasteiger partial charge in [0.05, 0.1) is 12.8 Å². The molecule has 0 aliphatic rings. The monoisotopic (exact) mass is 449 g/mol. The quantitative estimate of drug-likeness (QED) is 0.290. The zero-order valence-electron chi connectivity index (χ0n) is 18.1. The van der Waals surface area contributed by atoms with Crippen LogP contribution in [0.1, 0.15) is 24.5 Å². The summed E-state index contributed by atoms with van der Waals surface area (Å²) in [5, 5.41) is 6.30. The summed E-state index contributed by atoms with van der Waals surface area (Å²) in [7, 11) is 0. The Morgan fingerprint density at radius 2 is 1.52 bits per heavy atom. The molecule has 3 aromatic rings. The first-order chi connectivity index (χ1) is 16.0. The normalized spacial score (nSPS) is 10.6. The molecule has 0 radical (unpaired) electrons. The molecule has 0 atom stereocenters. The van der Waals surface area contributed by atoms with Gasteiger partial charge in [0, 0.05) is 5.69 Å². The van der Waals surface area contributed by atoms with Crippen molar-refractivity contribution in [1.29, 1.82) is 0 Å². The van der Waals surface area contributed by atoms with Crippen molar-refractivity contribution >= 4 is 23.7 Å². The van der Waals surface area contributed by atoms with Gasteiger partial charge in [-0.3, -0.25) is 9.59 Å². The fourth-order valence-corrected chi connectivity index (χ4v) is 2.66. The Kier molecular flexibility index (Phi) is 8.53. The van der Waals surface area contributed by atoms with E-state index in [4.69, 9.17) is 9.47 Å². The number of nitrogens with one attached hydrogen (secondary N) is 2. The first-order valence-corrected chi connectivity index (χ1v) is 10.4. The van der Waals surface area contributed by atoms with Gasteiger partial charge in [0.2, 0.25) is 0 Å². The molecule has 0 heterocycles. The highest BCUT2D eigenvalue weighted by atomic mass is 19.1. The van der Waals surface area contributed by atoms with E-state index in [9.17, 15) is 14.0 Å². The molecule has 0 spiro atoms. The van der Waals surface area contributed by atoms with Gasteiger partial charge in [0.15, 0.2) is 0 Å². The van der Waals surface area contributed by atoms with Crippen LogP contribution >= 0.6 is 0 Å². The summed E-state index contributed by atoms with van der Waals surface area (Å²) in [6.07, 6.45) is 2.31. The number of ether oxygens (including phenoxy) is 2. The third-order valence-electron chi connectivity index (χ3n) is 4.37. The summed E-state index contributed by atoms with van der Waals surface area (Å²) in [4.78, 5) is 23.9. The lowest BCUT2D eigenvalue weighted by Gasteiger charge is -2.07. The number of anilines is 1. The Labute approximate surface area is 191 Å². The standard InChI is InChI=1S/C25H24FN3O4/c1-2-15-32-22-13-9-21(10-14-22)28-24(30)25(31)29-27-16-18-5-11-23(12-6-18)33-17-19-3-7-20(26)8-4-19/h3-14,16H,2,15,17H2,1H3,(H,28,30)(H,29,31)/b27-16-. The van der Waals surface area contributed by atoms with Gasteiger partial charge in [0.1, 0.15) is 23.9 Å². The molecule has 0 saturated carbocycles. The van der Waals surface area contributed by atoms with Gasteiger partial charge in [-0.15, -0.1) is 0 Å². The van der Waals surface area contributed by atoms with Crippen molar-refractivity contribution in [3.63, 3.8) is 0 Å². The molecule has 170 valence electrons. The highest BCUT2D eigenvalue weighted by Gasteiger charge is 2.12. The van der Waals surface area contributed by atoms with E-state index in [-0.39, 0.29) is 5.82 Å². The van der Waals surface area contributed by atoms with Crippen molar-refractivity contribution in [2.45, 2.75) is 20.0 Å². The number of rotatable bonds is 9. The number of hydrazone groups is 1. The van der Waals surface area contributed by atoms with Crippen LogP contribution in [0, 0.1) is 5.82 Å². The fourth-order valence-electron chi connectivity index (χ4n) is 2.66. The summed E-state index contributed by atoms with van der Waals surface area (Å²) < 4.78 is 24.0. The fraction of sp³-hybridized carbons (Fsp3) is 0.160. The van der Waals surface area contributed by atoms with Crippen molar-refractivity contribution in [2.75, 3.05) is 11.9 Å². The Morgan fingerprint density at radius 3 is 2.18 bits per heavy atom. The van der Waals surface area contributed by atoms with Crippen LogP contribution in [-0.2, 0) is 16.2 Å². The minimum Gasteiger partial charge on any atom is -0.494 e. The number of hydrogen-bond acceptors (Lipinski definition) is 5. The summed E-state index contributed by atoms with van der Waals surface area (Å²) in [5.74, 6) is -0.698. The van der Waals surface area contributed by atoms with E-state index < -0.39 is 11.8 Å². The molecular weight excluding hydrogens is 425 g/mol. The van der Waals surface area contributed by atoms with Crippen LogP contribution in [0.4, 0.5) is 10.1 Å². The molecule has 3 rings (SSSR count). The first kappa shape index (κ1) is 23.5. The minimum absolute atomic E-state index is 0.293. The SMILES string of the molecule is CCCOc1ccc(NC(=O)C(=O)N/N=C\c2ccc(OCc3ccc(F)cc3)cc2)cc1. The molecular formula is C25H24FN3O4. The summed E-state index contributed by atoms with van der Waals surface area (Å²) in [6.45, 7) is 2.93. The Bertz CT molecular complexity index is 1080. The number of hydrogen-bond donors (Lipinski definition) is 2. The van der Waals surface area contributed by atoms with E-state index in [1.165, 1.54) is 18.3 Å². The number of halogens is 1. The van der Waals surface area contributed by atoms with Crippen LogP contribution in [0.25, 0.3) is 0 Å². The number of benzene rings is 3. The van der Waals surface area contributed by atoms with Gasteiger partial charge in [-0.2, -0.15) is 5.10 Å². The number of carbonyl (C=O) groups is 2. The maximum atomic E-state index is 12.9. The number of nitrogens with zero attached hydrogens (tertiary/aromatic N) is 1. The van der Waals surface area contributed by atoms with Gasteiger partial charge < -0.3 is 14.8 Å². The second kappa shape index (κ2) is 12.0. The zero-order valence-corrected chi connectivity index (χ0v) is 18.1. The second-order valence-electron chi connectivity index (χ2n) is 7.01. The third kappa shape index (κ3) is 7.77. The molecule has 33 heavy (non-hydrogen) atoms. The predicted molar refractivity (Wildman–Crippen MR) is 124 cm³/mol. The van der Waals surface area contributed by atoms with Gasteiger partial charge in [-0.25, -0.2) is 9.82 Å². The van der Waals surface area contributed by atoms with Gasteiger partial charge in [-0.1, -0.05) is 19.1 Å². The molecule has 0 bridgehead atoms. The van der Waals surface area contributed by atoms with E-state index in [0.29, 0.717) is 36.0 Å². The van der Waals surface area contributed by atoms with Crippen molar-refractivity contribution in [2.24, 2.45) is 5.10 Å². The van der Waals surface area contributed by atoms with Gasteiger partial charge >= 0.3 is 11.8 Å². The summed E-state index contributed by atoms with van der Waals surface area (Å²) >= 11 is 0. The smallest absolute Gasteiger partial charge is 0.329 e. The van der Waals surface area contributed by atoms with Crippen molar-refractivity contribution < 1.29 is 23.5 Å². The topological polar surface area (TPSA) is 89.0 Å². The van der Waals surface area contributed by atoms with E-state index in [0.717, 1.165) is 12.0 Å².